The molecule has 2 heterocycles. The molecule has 6 nitrogen and oxygen atoms in total. The second kappa shape index (κ2) is 33.0. The Morgan fingerprint density at radius 3 is 0.797 bits per heavy atom. The van der Waals surface area contributed by atoms with Gasteiger partial charge in [0.05, 0.1) is 13.1 Å². The van der Waals surface area contributed by atoms with Gasteiger partial charge < -0.3 is 9.47 Å². The van der Waals surface area contributed by atoms with Crippen molar-refractivity contribution in [2.45, 2.75) is 335 Å². The van der Waals surface area contributed by atoms with Crippen LogP contribution in [0.15, 0.2) is 0 Å². The SMILES string of the molecule is CCCCCCCCCCCCCCCCCC(=O)OC1CC(C)(C)N(CC#CCN2C(C)(C)CC(OC(=O)CCCCCCCCCCCCCCCCC)CC2(C)C)C(C)(C)C1. The molecule has 0 bridgehead atoms. The lowest BCUT2D eigenvalue weighted by Crippen LogP contribution is -2.62. The van der Waals surface area contributed by atoms with Crippen molar-refractivity contribution in [2.24, 2.45) is 0 Å². The van der Waals surface area contributed by atoms with Crippen LogP contribution in [0.3, 0.4) is 0 Å². The van der Waals surface area contributed by atoms with Crippen LogP contribution in [0.4, 0.5) is 0 Å². The second-order valence-corrected chi connectivity index (χ2v) is 23.2. The van der Waals surface area contributed by atoms with Gasteiger partial charge in [0.1, 0.15) is 12.2 Å². The van der Waals surface area contributed by atoms with Crippen molar-refractivity contribution in [3.8, 4) is 11.8 Å². The third-order valence-electron chi connectivity index (χ3n) is 15.0. The monoisotopic (exact) mass is 897 g/mol. The molecule has 0 amide bonds. The van der Waals surface area contributed by atoms with Crippen LogP contribution in [-0.2, 0) is 19.1 Å². The van der Waals surface area contributed by atoms with E-state index in [9.17, 15) is 9.59 Å². The van der Waals surface area contributed by atoms with E-state index in [0.717, 1.165) is 51.4 Å². The van der Waals surface area contributed by atoms with Crippen molar-refractivity contribution in [3.05, 3.63) is 0 Å². The summed E-state index contributed by atoms with van der Waals surface area (Å²) in [5.74, 6) is 7.08. The number of hydrogen-bond donors (Lipinski definition) is 0. The molecule has 2 rings (SSSR count). The maximum Gasteiger partial charge on any atom is 0.306 e. The largest absolute Gasteiger partial charge is 0.462 e. The maximum absolute atomic E-state index is 12.9. The first-order valence-corrected chi connectivity index (χ1v) is 27.9. The van der Waals surface area contributed by atoms with Crippen LogP contribution in [0.2, 0.25) is 0 Å². The molecule has 0 aliphatic carbocycles. The number of esters is 2. The minimum Gasteiger partial charge on any atom is -0.462 e. The zero-order valence-electron chi connectivity index (χ0n) is 44.6. The van der Waals surface area contributed by atoms with E-state index >= 15 is 0 Å². The normalized spacial score (nSPS) is 18.7. The molecule has 0 aromatic heterocycles. The molecule has 374 valence electrons. The number of nitrogens with zero attached hydrogens (tertiary/aromatic N) is 2. The third-order valence-corrected chi connectivity index (χ3v) is 15.0. The van der Waals surface area contributed by atoms with E-state index in [1.54, 1.807) is 0 Å². The molecule has 2 aliphatic heterocycles. The maximum atomic E-state index is 12.9. The molecule has 2 aliphatic rings. The average Bonchev–Trinajstić information content (AvgIpc) is 3.20. The quantitative estimate of drug-likeness (QED) is 0.0355. The molecule has 0 aromatic rings. The number of hydrogen-bond acceptors (Lipinski definition) is 6. The van der Waals surface area contributed by atoms with Gasteiger partial charge in [-0.1, -0.05) is 205 Å². The molecule has 2 saturated heterocycles. The van der Waals surface area contributed by atoms with Gasteiger partial charge in [-0.3, -0.25) is 19.4 Å². The van der Waals surface area contributed by atoms with Crippen LogP contribution in [0.1, 0.15) is 300 Å². The van der Waals surface area contributed by atoms with Gasteiger partial charge in [-0.15, -0.1) is 0 Å². The minimum absolute atomic E-state index is 0.0245. The zero-order valence-corrected chi connectivity index (χ0v) is 44.6. The van der Waals surface area contributed by atoms with E-state index in [4.69, 9.17) is 9.47 Å². The smallest absolute Gasteiger partial charge is 0.306 e. The lowest BCUT2D eigenvalue weighted by molar-refractivity contribution is -0.161. The zero-order chi connectivity index (χ0) is 47.2. The first-order valence-electron chi connectivity index (χ1n) is 27.9. The first kappa shape index (κ1) is 58.5. The number of carbonyl (C=O) groups excluding carboxylic acids is 2. The van der Waals surface area contributed by atoms with Gasteiger partial charge in [0.25, 0.3) is 0 Å². The second-order valence-electron chi connectivity index (χ2n) is 23.2. The number of ether oxygens (including phenoxy) is 2. The van der Waals surface area contributed by atoms with Gasteiger partial charge in [-0.25, -0.2) is 0 Å². The Balaban J connectivity index is 1.63. The Morgan fingerprint density at radius 1 is 0.375 bits per heavy atom. The van der Waals surface area contributed by atoms with E-state index < -0.39 is 0 Å². The van der Waals surface area contributed by atoms with Crippen molar-refractivity contribution in [1.29, 1.82) is 0 Å². The van der Waals surface area contributed by atoms with Crippen LogP contribution in [0.25, 0.3) is 0 Å². The summed E-state index contributed by atoms with van der Waals surface area (Å²) >= 11 is 0. The molecule has 0 atom stereocenters. The van der Waals surface area contributed by atoms with Crippen molar-refractivity contribution >= 4 is 11.9 Å². The van der Waals surface area contributed by atoms with E-state index in [-0.39, 0.29) is 46.3 Å². The molecule has 64 heavy (non-hydrogen) atoms. The molecule has 0 saturated carbocycles. The molecule has 6 heteroatoms. The number of rotatable bonds is 36. The fraction of sp³-hybridized carbons (Fsp3) is 0.931. The van der Waals surface area contributed by atoms with Gasteiger partial charge in [0.15, 0.2) is 0 Å². The Labute approximate surface area is 399 Å². The predicted molar refractivity (Wildman–Crippen MR) is 275 cm³/mol. The Bertz CT molecular complexity index is 1150. The molecular formula is C58H108N2O4. The molecule has 0 spiro atoms. The minimum atomic E-state index is -0.136. The van der Waals surface area contributed by atoms with Gasteiger partial charge in [-0.2, -0.15) is 0 Å². The number of piperidine rings is 2. The first-order chi connectivity index (χ1) is 30.5. The summed E-state index contributed by atoms with van der Waals surface area (Å²) < 4.78 is 12.3. The van der Waals surface area contributed by atoms with Gasteiger partial charge >= 0.3 is 11.9 Å². The van der Waals surface area contributed by atoms with Crippen LogP contribution in [-0.4, -0.2) is 69.2 Å². The number of carbonyl (C=O) groups is 2. The van der Waals surface area contributed by atoms with Gasteiger partial charge in [0.2, 0.25) is 0 Å². The van der Waals surface area contributed by atoms with Crippen LogP contribution in [0.5, 0.6) is 0 Å². The highest BCUT2D eigenvalue weighted by Gasteiger charge is 2.47. The summed E-state index contributed by atoms with van der Waals surface area (Å²) in [6, 6.07) is 0. The number of likely N-dealkylation sites (tertiary alicyclic amines) is 2. The van der Waals surface area contributed by atoms with Crippen LogP contribution < -0.4 is 0 Å². The lowest BCUT2D eigenvalue weighted by Gasteiger charge is -2.54. The fourth-order valence-electron chi connectivity index (χ4n) is 11.5. The van der Waals surface area contributed by atoms with Crippen molar-refractivity contribution in [1.82, 2.24) is 9.80 Å². The molecular weight excluding hydrogens is 789 g/mol. The van der Waals surface area contributed by atoms with E-state index in [1.165, 1.54) is 167 Å². The summed E-state index contributed by atoms with van der Waals surface area (Å²) in [5.41, 5.74) is -0.543. The summed E-state index contributed by atoms with van der Waals surface area (Å²) in [6.07, 6.45) is 44.1. The molecule has 0 radical (unpaired) electrons. The van der Waals surface area contributed by atoms with Crippen molar-refractivity contribution < 1.29 is 19.1 Å². The van der Waals surface area contributed by atoms with Gasteiger partial charge in [-0.05, 0) is 68.2 Å². The predicted octanol–water partition coefficient (Wildman–Crippen LogP) is 16.6. The fourth-order valence-corrected chi connectivity index (χ4v) is 11.5. The summed E-state index contributed by atoms with van der Waals surface area (Å²) in [6.45, 7) is 24.2. The third kappa shape index (κ3) is 25.5. The van der Waals surface area contributed by atoms with E-state index in [1.807, 2.05) is 0 Å². The summed E-state index contributed by atoms with van der Waals surface area (Å²) in [4.78, 5) is 30.9. The highest BCUT2D eigenvalue weighted by atomic mass is 16.5. The Hall–Kier alpha value is -1.58. The molecule has 0 aromatic carbocycles. The molecule has 2 fully saturated rings. The van der Waals surface area contributed by atoms with Crippen molar-refractivity contribution in [3.63, 3.8) is 0 Å². The molecule has 0 N–H and O–H groups in total. The van der Waals surface area contributed by atoms with Gasteiger partial charge in [0, 0.05) is 60.7 Å². The van der Waals surface area contributed by atoms with Crippen LogP contribution in [0, 0.1) is 11.8 Å². The molecule has 0 unspecified atom stereocenters. The highest BCUT2D eigenvalue weighted by Crippen LogP contribution is 2.41. The summed E-state index contributed by atoms with van der Waals surface area (Å²) in [7, 11) is 0. The number of unbranched alkanes of at least 4 members (excludes halogenated alkanes) is 28. The van der Waals surface area contributed by atoms with Crippen LogP contribution >= 0.6 is 0 Å². The Morgan fingerprint density at radius 2 is 0.578 bits per heavy atom. The topological polar surface area (TPSA) is 59.1 Å². The standard InChI is InChI=1S/C58H108N2O4/c1-11-13-15-17-19-21-23-25-27-29-31-33-35-37-39-43-53(61)63-51-47-55(3,4)59(56(5,6)48-51)45-41-42-46-60-57(7,8)49-52(50-58(60,9)10)64-54(62)44-40-38-36-34-32-30-28-26-24-22-20-18-16-14-12-2/h51-52H,11-40,43-50H2,1-10H3. The van der Waals surface area contributed by atoms with Crippen molar-refractivity contribution in [2.75, 3.05) is 13.1 Å². The summed E-state index contributed by atoms with van der Waals surface area (Å²) in [5, 5.41) is 0. The Kier molecular flexibility index (Phi) is 30.2. The highest BCUT2D eigenvalue weighted by molar-refractivity contribution is 5.70. The van der Waals surface area contributed by atoms with E-state index in [2.05, 4.69) is 90.9 Å². The van der Waals surface area contributed by atoms with E-state index in [0.29, 0.717) is 25.9 Å². The average molecular weight is 898 g/mol. The lowest BCUT2D eigenvalue weighted by atomic mass is 9.78.